The van der Waals surface area contributed by atoms with Gasteiger partial charge in [0.15, 0.2) is 0 Å². The van der Waals surface area contributed by atoms with Gasteiger partial charge in [0, 0.05) is 4.90 Å². The molecule has 7 heteroatoms. The number of hydrogen-bond acceptors (Lipinski definition) is 3. The third-order valence-electron chi connectivity index (χ3n) is 2.62. The van der Waals surface area contributed by atoms with Crippen LogP contribution in [0.25, 0.3) is 0 Å². The molecule has 0 fully saturated rings. The highest BCUT2D eigenvalue weighted by Crippen LogP contribution is 2.17. The second-order valence-electron chi connectivity index (χ2n) is 4.22. The summed E-state index contributed by atoms with van der Waals surface area (Å²) in [6.07, 6.45) is 0. The average Bonchev–Trinajstić information content (AvgIpc) is 2.52. The van der Waals surface area contributed by atoms with E-state index < -0.39 is 17.6 Å². The molecule has 2 amide bonds. The van der Waals surface area contributed by atoms with E-state index in [2.05, 4.69) is 10.9 Å². The molecule has 0 bridgehead atoms. The Bertz CT molecular complexity index is 677. The van der Waals surface area contributed by atoms with E-state index in [9.17, 15) is 18.4 Å². The largest absolute Gasteiger partial charge is 0.272 e. The third kappa shape index (κ3) is 4.56. The fourth-order valence-electron chi connectivity index (χ4n) is 1.55. The molecule has 0 spiro atoms. The zero-order chi connectivity index (χ0) is 15.9. The average molecular weight is 322 g/mol. The zero-order valence-corrected chi connectivity index (χ0v) is 12.1. The van der Waals surface area contributed by atoms with Crippen molar-refractivity contribution in [2.24, 2.45) is 0 Å². The molecule has 2 N–H and O–H groups in total. The van der Waals surface area contributed by atoms with E-state index in [0.29, 0.717) is 0 Å². The van der Waals surface area contributed by atoms with Crippen molar-refractivity contribution in [3.05, 3.63) is 65.7 Å². The lowest BCUT2D eigenvalue weighted by molar-refractivity contribution is -0.119. The highest BCUT2D eigenvalue weighted by atomic mass is 32.2. The molecule has 0 aliphatic rings. The van der Waals surface area contributed by atoms with Crippen LogP contribution in [-0.4, -0.2) is 17.6 Å². The number of benzene rings is 2. The van der Waals surface area contributed by atoms with E-state index in [4.69, 9.17) is 0 Å². The zero-order valence-electron chi connectivity index (χ0n) is 11.3. The molecule has 0 heterocycles. The summed E-state index contributed by atoms with van der Waals surface area (Å²) in [5.74, 6) is -2.19. The van der Waals surface area contributed by atoms with Gasteiger partial charge in [-0.15, -0.1) is 11.8 Å². The standard InChI is InChI=1S/C15H12F2N2O2S/c16-10-5-7-11(8-6-10)22-9-14(20)18-19-15(21)12-3-1-2-4-13(12)17/h1-8H,9H2,(H,18,20)(H,19,21). The number of amides is 2. The number of hydrazine groups is 1. The summed E-state index contributed by atoms with van der Waals surface area (Å²) in [5, 5.41) is 0. The Morgan fingerprint density at radius 2 is 1.64 bits per heavy atom. The molecule has 0 saturated heterocycles. The van der Waals surface area contributed by atoms with E-state index in [1.807, 2.05) is 0 Å². The molecule has 22 heavy (non-hydrogen) atoms. The van der Waals surface area contributed by atoms with E-state index >= 15 is 0 Å². The smallest absolute Gasteiger partial charge is 0.272 e. The maximum absolute atomic E-state index is 13.4. The Morgan fingerprint density at radius 3 is 2.32 bits per heavy atom. The van der Waals surface area contributed by atoms with Crippen molar-refractivity contribution >= 4 is 23.6 Å². The van der Waals surface area contributed by atoms with Gasteiger partial charge in [-0.3, -0.25) is 20.4 Å². The van der Waals surface area contributed by atoms with Crippen LogP contribution in [-0.2, 0) is 4.79 Å². The molecule has 0 radical (unpaired) electrons. The van der Waals surface area contributed by atoms with Crippen molar-refractivity contribution in [2.45, 2.75) is 4.90 Å². The van der Waals surface area contributed by atoms with Gasteiger partial charge in [-0.1, -0.05) is 12.1 Å². The summed E-state index contributed by atoms with van der Waals surface area (Å²) in [5.41, 5.74) is 4.16. The van der Waals surface area contributed by atoms with Crippen molar-refractivity contribution in [3.63, 3.8) is 0 Å². The maximum atomic E-state index is 13.4. The second-order valence-corrected chi connectivity index (χ2v) is 5.27. The van der Waals surface area contributed by atoms with E-state index in [-0.39, 0.29) is 17.1 Å². The van der Waals surface area contributed by atoms with E-state index in [1.54, 1.807) is 12.1 Å². The van der Waals surface area contributed by atoms with Crippen molar-refractivity contribution in [1.82, 2.24) is 10.9 Å². The summed E-state index contributed by atoms with van der Waals surface area (Å²) in [7, 11) is 0. The van der Waals surface area contributed by atoms with Crippen LogP contribution in [0.3, 0.4) is 0 Å². The predicted octanol–water partition coefficient (Wildman–Crippen LogP) is 2.52. The Kier molecular flexibility index (Phi) is 5.48. The lowest BCUT2D eigenvalue weighted by atomic mass is 10.2. The molecule has 0 aromatic heterocycles. The fourth-order valence-corrected chi connectivity index (χ4v) is 2.25. The molecule has 0 saturated carbocycles. The van der Waals surface area contributed by atoms with Crippen molar-refractivity contribution < 1.29 is 18.4 Å². The van der Waals surface area contributed by atoms with Gasteiger partial charge in [0.25, 0.3) is 5.91 Å². The number of rotatable bonds is 4. The monoisotopic (exact) mass is 322 g/mol. The Balaban J connectivity index is 1.79. The summed E-state index contributed by atoms with van der Waals surface area (Å²) in [6.45, 7) is 0. The van der Waals surface area contributed by atoms with Gasteiger partial charge >= 0.3 is 0 Å². The molecule has 2 aromatic carbocycles. The Morgan fingerprint density at radius 1 is 0.955 bits per heavy atom. The SMILES string of the molecule is O=C(CSc1ccc(F)cc1)NNC(=O)c1ccccc1F. The van der Waals surface area contributed by atoms with Crippen molar-refractivity contribution in [2.75, 3.05) is 5.75 Å². The number of halogens is 2. The number of carbonyl (C=O) groups excluding carboxylic acids is 2. The van der Waals surface area contributed by atoms with Crippen LogP contribution in [0.4, 0.5) is 8.78 Å². The number of nitrogens with one attached hydrogen (secondary N) is 2. The molecule has 114 valence electrons. The first-order chi connectivity index (χ1) is 10.6. The van der Waals surface area contributed by atoms with Crippen molar-refractivity contribution in [1.29, 1.82) is 0 Å². The lowest BCUT2D eigenvalue weighted by Crippen LogP contribution is -2.42. The van der Waals surface area contributed by atoms with Crippen LogP contribution in [0.2, 0.25) is 0 Å². The molecule has 0 aliphatic heterocycles. The molecule has 2 rings (SSSR count). The minimum absolute atomic E-state index is 0.0309. The summed E-state index contributed by atoms with van der Waals surface area (Å²) in [6, 6.07) is 11.1. The molecule has 0 aliphatic carbocycles. The van der Waals surface area contributed by atoms with Crippen LogP contribution >= 0.6 is 11.8 Å². The molecule has 4 nitrogen and oxygen atoms in total. The minimum Gasteiger partial charge on any atom is -0.272 e. The number of thioether (sulfide) groups is 1. The van der Waals surface area contributed by atoms with Gasteiger partial charge in [-0.05, 0) is 36.4 Å². The summed E-state index contributed by atoms with van der Waals surface area (Å²) < 4.78 is 26.1. The number of hydrogen-bond donors (Lipinski definition) is 2. The molecular formula is C15H12F2N2O2S. The van der Waals surface area contributed by atoms with Crippen LogP contribution in [0, 0.1) is 11.6 Å². The van der Waals surface area contributed by atoms with Gasteiger partial charge in [0.05, 0.1) is 11.3 Å². The normalized spacial score (nSPS) is 10.1. The van der Waals surface area contributed by atoms with Crippen LogP contribution in [0.5, 0.6) is 0 Å². The molecule has 0 atom stereocenters. The summed E-state index contributed by atoms with van der Waals surface area (Å²) in [4.78, 5) is 24.0. The van der Waals surface area contributed by atoms with Gasteiger partial charge in [0.2, 0.25) is 5.91 Å². The highest BCUT2D eigenvalue weighted by Gasteiger charge is 2.11. The first-order valence-electron chi connectivity index (χ1n) is 6.28. The van der Waals surface area contributed by atoms with Crippen LogP contribution < -0.4 is 10.9 Å². The quantitative estimate of drug-likeness (QED) is 0.672. The predicted molar refractivity (Wildman–Crippen MR) is 79.1 cm³/mol. The fraction of sp³-hybridized carbons (Fsp3) is 0.0667. The molecular weight excluding hydrogens is 310 g/mol. The van der Waals surface area contributed by atoms with E-state index in [1.165, 1.54) is 42.1 Å². The maximum Gasteiger partial charge on any atom is 0.272 e. The highest BCUT2D eigenvalue weighted by molar-refractivity contribution is 8.00. The Hall–Kier alpha value is -2.41. The van der Waals surface area contributed by atoms with Crippen LogP contribution in [0.1, 0.15) is 10.4 Å². The van der Waals surface area contributed by atoms with Gasteiger partial charge < -0.3 is 0 Å². The van der Waals surface area contributed by atoms with Crippen molar-refractivity contribution in [3.8, 4) is 0 Å². The minimum atomic E-state index is -0.738. The summed E-state index contributed by atoms with van der Waals surface area (Å²) >= 11 is 1.18. The van der Waals surface area contributed by atoms with Gasteiger partial charge in [-0.25, -0.2) is 8.78 Å². The first-order valence-corrected chi connectivity index (χ1v) is 7.27. The lowest BCUT2D eigenvalue weighted by Gasteiger charge is -2.07. The van der Waals surface area contributed by atoms with E-state index in [0.717, 1.165) is 11.0 Å². The first kappa shape index (κ1) is 16.0. The molecule has 0 unspecified atom stereocenters. The molecule has 2 aromatic rings. The second kappa shape index (κ2) is 7.56. The number of carbonyl (C=O) groups is 2. The van der Waals surface area contributed by atoms with Crippen LogP contribution in [0.15, 0.2) is 53.4 Å². The third-order valence-corrected chi connectivity index (χ3v) is 3.63. The Labute approximate surface area is 129 Å². The van der Waals surface area contributed by atoms with Gasteiger partial charge in [0.1, 0.15) is 11.6 Å². The van der Waals surface area contributed by atoms with Gasteiger partial charge in [-0.2, -0.15) is 0 Å². The topological polar surface area (TPSA) is 58.2 Å².